The largest absolute Gasteiger partial charge is 0.355 e. The molecule has 5 nitrogen and oxygen atoms in total. The summed E-state index contributed by atoms with van der Waals surface area (Å²) in [4.78, 5) is 27.2. The molecule has 0 aliphatic carbocycles. The predicted molar refractivity (Wildman–Crippen MR) is 107 cm³/mol. The van der Waals surface area contributed by atoms with Gasteiger partial charge in [-0.05, 0) is 44.2 Å². The summed E-state index contributed by atoms with van der Waals surface area (Å²) >= 11 is 0. The fourth-order valence-corrected chi connectivity index (χ4v) is 3.39. The zero-order chi connectivity index (χ0) is 18.4. The second kappa shape index (κ2) is 9.93. The van der Waals surface area contributed by atoms with E-state index in [0.29, 0.717) is 19.6 Å². The molecule has 0 radical (unpaired) electrons. The fraction of sp³-hybridized carbons (Fsp3) is 0.600. The van der Waals surface area contributed by atoms with Crippen LogP contribution in [0.5, 0.6) is 0 Å². The lowest BCUT2D eigenvalue weighted by atomic mass is 9.81. The SMILES string of the molecule is CCc1ccc(C(C)(C)C(=O)N2CCCC(C(=O)NCCN)C2)cc1.Cl. The Morgan fingerprint density at radius 3 is 2.50 bits per heavy atom. The number of carbonyl (C=O) groups is 2. The van der Waals surface area contributed by atoms with Crippen molar-refractivity contribution in [1.29, 1.82) is 0 Å². The zero-order valence-corrected chi connectivity index (χ0v) is 16.9. The van der Waals surface area contributed by atoms with Gasteiger partial charge in [0.15, 0.2) is 0 Å². The van der Waals surface area contributed by atoms with Crippen LogP contribution < -0.4 is 11.1 Å². The van der Waals surface area contributed by atoms with Crippen molar-refractivity contribution < 1.29 is 9.59 Å². The molecule has 0 saturated carbocycles. The molecule has 1 aliphatic heterocycles. The lowest BCUT2D eigenvalue weighted by Crippen LogP contribution is -2.50. The number of aryl methyl sites for hydroxylation is 1. The highest BCUT2D eigenvalue weighted by Gasteiger charge is 2.37. The van der Waals surface area contributed by atoms with Crippen molar-refractivity contribution in [2.75, 3.05) is 26.2 Å². The van der Waals surface area contributed by atoms with Gasteiger partial charge in [0.1, 0.15) is 0 Å². The Hall–Kier alpha value is -1.59. The number of carbonyl (C=O) groups excluding carboxylic acids is 2. The van der Waals surface area contributed by atoms with Gasteiger partial charge in [-0.2, -0.15) is 0 Å². The number of amides is 2. The number of nitrogens with one attached hydrogen (secondary N) is 1. The Kier molecular flexibility index (Phi) is 8.57. The molecule has 1 unspecified atom stereocenters. The van der Waals surface area contributed by atoms with Crippen molar-refractivity contribution in [3.63, 3.8) is 0 Å². The molecule has 1 saturated heterocycles. The highest BCUT2D eigenvalue weighted by Crippen LogP contribution is 2.28. The minimum absolute atomic E-state index is 0. The summed E-state index contributed by atoms with van der Waals surface area (Å²) in [5.74, 6) is -0.0383. The molecule has 26 heavy (non-hydrogen) atoms. The second-order valence-corrected chi connectivity index (χ2v) is 7.35. The van der Waals surface area contributed by atoms with Gasteiger partial charge in [-0.25, -0.2) is 0 Å². The van der Waals surface area contributed by atoms with Crippen LogP contribution in [-0.2, 0) is 21.4 Å². The summed E-state index contributed by atoms with van der Waals surface area (Å²) in [6.45, 7) is 8.18. The van der Waals surface area contributed by atoms with Crippen LogP contribution in [0.1, 0.15) is 44.7 Å². The normalized spacial score (nSPS) is 17.4. The minimum atomic E-state index is -0.595. The first kappa shape index (κ1) is 22.5. The van der Waals surface area contributed by atoms with E-state index in [1.54, 1.807) is 0 Å². The molecule has 1 fully saturated rings. The maximum atomic E-state index is 13.1. The first-order valence-corrected chi connectivity index (χ1v) is 9.26. The van der Waals surface area contributed by atoms with Gasteiger partial charge in [0, 0.05) is 26.2 Å². The molecule has 6 heteroatoms. The number of halogens is 1. The number of nitrogens with two attached hydrogens (primary N) is 1. The Morgan fingerprint density at radius 1 is 1.27 bits per heavy atom. The minimum Gasteiger partial charge on any atom is -0.355 e. The summed E-state index contributed by atoms with van der Waals surface area (Å²) in [7, 11) is 0. The van der Waals surface area contributed by atoms with Gasteiger partial charge >= 0.3 is 0 Å². The topological polar surface area (TPSA) is 75.4 Å². The molecule has 0 aromatic heterocycles. The molecule has 0 bridgehead atoms. The average molecular weight is 382 g/mol. The third kappa shape index (κ3) is 5.21. The Balaban J connectivity index is 0.00000338. The highest BCUT2D eigenvalue weighted by atomic mass is 35.5. The summed E-state index contributed by atoms with van der Waals surface area (Å²) in [6.07, 6.45) is 2.67. The van der Waals surface area contributed by atoms with E-state index in [-0.39, 0.29) is 30.1 Å². The molecule has 2 amide bonds. The summed E-state index contributed by atoms with van der Waals surface area (Å²) in [6, 6.07) is 8.27. The van der Waals surface area contributed by atoms with E-state index in [1.807, 2.05) is 30.9 Å². The number of rotatable bonds is 6. The molecule has 1 aliphatic rings. The number of nitrogens with zero attached hydrogens (tertiary/aromatic N) is 1. The number of hydrogen-bond acceptors (Lipinski definition) is 3. The van der Waals surface area contributed by atoms with E-state index in [1.165, 1.54) is 5.56 Å². The molecule has 2 rings (SSSR count). The van der Waals surface area contributed by atoms with Gasteiger partial charge in [0.25, 0.3) is 0 Å². The number of hydrogen-bond donors (Lipinski definition) is 2. The molecule has 1 aromatic carbocycles. The number of benzene rings is 1. The fourth-order valence-electron chi connectivity index (χ4n) is 3.39. The van der Waals surface area contributed by atoms with Gasteiger partial charge in [-0.15, -0.1) is 12.4 Å². The van der Waals surface area contributed by atoms with E-state index in [4.69, 9.17) is 5.73 Å². The van der Waals surface area contributed by atoms with Crippen molar-refractivity contribution >= 4 is 24.2 Å². The molecular formula is C20H32ClN3O2. The van der Waals surface area contributed by atoms with Crippen molar-refractivity contribution in [3.8, 4) is 0 Å². The molecule has 1 atom stereocenters. The van der Waals surface area contributed by atoms with Gasteiger partial charge in [-0.3, -0.25) is 9.59 Å². The highest BCUT2D eigenvalue weighted by molar-refractivity contribution is 5.88. The first-order chi connectivity index (χ1) is 11.9. The van der Waals surface area contributed by atoms with Crippen LogP contribution >= 0.6 is 12.4 Å². The van der Waals surface area contributed by atoms with Gasteiger partial charge in [0.05, 0.1) is 11.3 Å². The summed E-state index contributed by atoms with van der Waals surface area (Å²) < 4.78 is 0. The molecule has 1 aromatic rings. The van der Waals surface area contributed by atoms with Crippen LogP contribution in [0.3, 0.4) is 0 Å². The van der Waals surface area contributed by atoms with Gasteiger partial charge < -0.3 is 16.0 Å². The molecule has 146 valence electrons. The summed E-state index contributed by atoms with van der Waals surface area (Å²) in [5.41, 5.74) is 7.13. The maximum Gasteiger partial charge on any atom is 0.232 e. The average Bonchev–Trinajstić information content (AvgIpc) is 2.65. The monoisotopic (exact) mass is 381 g/mol. The maximum absolute atomic E-state index is 13.1. The van der Waals surface area contributed by atoms with Crippen molar-refractivity contribution in [3.05, 3.63) is 35.4 Å². The first-order valence-electron chi connectivity index (χ1n) is 9.26. The Bertz CT molecular complexity index is 602. The van der Waals surface area contributed by atoms with E-state index < -0.39 is 5.41 Å². The third-order valence-electron chi connectivity index (χ3n) is 5.14. The quantitative estimate of drug-likeness (QED) is 0.793. The summed E-state index contributed by atoms with van der Waals surface area (Å²) in [5, 5.41) is 2.84. The van der Waals surface area contributed by atoms with Crippen molar-refractivity contribution in [1.82, 2.24) is 10.2 Å². The van der Waals surface area contributed by atoms with E-state index in [0.717, 1.165) is 31.4 Å². The molecular weight excluding hydrogens is 350 g/mol. The molecule has 1 heterocycles. The van der Waals surface area contributed by atoms with Crippen molar-refractivity contribution in [2.24, 2.45) is 11.7 Å². The van der Waals surface area contributed by atoms with Crippen LogP contribution in [0, 0.1) is 5.92 Å². The van der Waals surface area contributed by atoms with E-state index in [9.17, 15) is 9.59 Å². The Labute approximate surface area is 163 Å². The lowest BCUT2D eigenvalue weighted by Gasteiger charge is -2.37. The van der Waals surface area contributed by atoms with E-state index in [2.05, 4.69) is 24.4 Å². The van der Waals surface area contributed by atoms with Crippen LogP contribution in [0.2, 0.25) is 0 Å². The van der Waals surface area contributed by atoms with E-state index >= 15 is 0 Å². The number of piperidine rings is 1. The lowest BCUT2D eigenvalue weighted by molar-refractivity contribution is -0.140. The van der Waals surface area contributed by atoms with Crippen molar-refractivity contribution in [2.45, 2.75) is 45.4 Å². The molecule has 0 spiro atoms. The number of likely N-dealkylation sites (tertiary alicyclic amines) is 1. The van der Waals surface area contributed by atoms with Crippen LogP contribution in [-0.4, -0.2) is 42.9 Å². The van der Waals surface area contributed by atoms with Gasteiger partial charge in [0.2, 0.25) is 11.8 Å². The van der Waals surface area contributed by atoms with Crippen LogP contribution in [0.4, 0.5) is 0 Å². The zero-order valence-electron chi connectivity index (χ0n) is 16.1. The van der Waals surface area contributed by atoms with Crippen LogP contribution in [0.25, 0.3) is 0 Å². The van der Waals surface area contributed by atoms with Crippen LogP contribution in [0.15, 0.2) is 24.3 Å². The van der Waals surface area contributed by atoms with Gasteiger partial charge in [-0.1, -0.05) is 31.2 Å². The Morgan fingerprint density at radius 2 is 1.92 bits per heavy atom. The standard InChI is InChI=1S/C20H31N3O2.ClH/c1-4-15-7-9-17(10-8-15)20(2,3)19(25)23-13-5-6-16(14-23)18(24)22-12-11-21;/h7-10,16H,4-6,11-14,21H2,1-3H3,(H,22,24);1H. The molecule has 3 N–H and O–H groups in total. The third-order valence-corrected chi connectivity index (χ3v) is 5.14. The second-order valence-electron chi connectivity index (χ2n) is 7.35. The predicted octanol–water partition coefficient (Wildman–Crippen LogP) is 2.26. The smallest absolute Gasteiger partial charge is 0.232 e.